The molecule has 1 unspecified atom stereocenters. The van der Waals surface area contributed by atoms with Crippen molar-refractivity contribution in [2.75, 3.05) is 27.4 Å². The lowest BCUT2D eigenvalue weighted by Gasteiger charge is -2.37. The second kappa shape index (κ2) is 11.1. The summed E-state index contributed by atoms with van der Waals surface area (Å²) in [7, 11) is 3.02. The minimum absolute atomic E-state index is 0.244. The average Bonchev–Trinajstić information content (AvgIpc) is 2.80. The van der Waals surface area contributed by atoms with Gasteiger partial charge in [0.15, 0.2) is 23.0 Å². The minimum Gasteiger partial charge on any atom is -0.493 e. The van der Waals surface area contributed by atoms with Gasteiger partial charge >= 0.3 is 18.0 Å². The first-order valence-corrected chi connectivity index (χ1v) is 11.4. The van der Waals surface area contributed by atoms with Crippen molar-refractivity contribution >= 4 is 18.0 Å². The van der Waals surface area contributed by atoms with E-state index >= 15 is 0 Å². The maximum atomic E-state index is 12.9. The Labute approximate surface area is 204 Å². The summed E-state index contributed by atoms with van der Waals surface area (Å²) in [6.07, 6.45) is 0.558. The number of aryl methyl sites for hydroxylation is 1. The highest BCUT2D eigenvalue weighted by Crippen LogP contribution is 2.41. The Morgan fingerprint density at radius 3 is 2.09 bits per heavy atom. The van der Waals surface area contributed by atoms with E-state index in [1.54, 1.807) is 30.0 Å². The van der Waals surface area contributed by atoms with E-state index in [9.17, 15) is 14.4 Å². The van der Waals surface area contributed by atoms with Gasteiger partial charge in [0.25, 0.3) is 0 Å². The molecule has 0 N–H and O–H groups in total. The number of carbonyl (C=O) groups is 3. The molecule has 1 heterocycles. The van der Waals surface area contributed by atoms with Gasteiger partial charge in [-0.3, -0.25) is 9.59 Å². The second-order valence-electron chi connectivity index (χ2n) is 8.18. The molecule has 0 bridgehead atoms. The molecule has 2 aromatic rings. The van der Waals surface area contributed by atoms with Crippen molar-refractivity contribution in [2.45, 2.75) is 46.6 Å². The molecule has 188 valence electrons. The van der Waals surface area contributed by atoms with E-state index in [0.29, 0.717) is 36.6 Å². The highest BCUT2D eigenvalue weighted by molar-refractivity contribution is 5.72. The van der Waals surface area contributed by atoms with Crippen LogP contribution in [0.5, 0.6) is 23.0 Å². The Morgan fingerprint density at radius 1 is 0.914 bits per heavy atom. The zero-order valence-electron chi connectivity index (χ0n) is 20.9. The average molecular weight is 486 g/mol. The zero-order valence-corrected chi connectivity index (χ0v) is 20.9. The van der Waals surface area contributed by atoms with Gasteiger partial charge in [0.2, 0.25) is 0 Å². The van der Waals surface area contributed by atoms with Gasteiger partial charge in [-0.25, -0.2) is 4.79 Å². The number of amides is 1. The van der Waals surface area contributed by atoms with Crippen molar-refractivity contribution in [2.24, 2.45) is 0 Å². The smallest absolute Gasteiger partial charge is 0.410 e. The number of carbonyl (C=O) groups excluding carboxylic acids is 3. The molecule has 0 aliphatic carbocycles. The van der Waals surface area contributed by atoms with Crippen molar-refractivity contribution in [3.05, 3.63) is 46.5 Å². The quantitative estimate of drug-likeness (QED) is 0.426. The number of ether oxygens (including phenoxy) is 5. The summed E-state index contributed by atoms with van der Waals surface area (Å²) in [5.74, 6) is 0.521. The van der Waals surface area contributed by atoms with E-state index in [2.05, 4.69) is 0 Å². The van der Waals surface area contributed by atoms with E-state index in [1.807, 2.05) is 13.0 Å². The molecular formula is C26H31NO8. The lowest BCUT2D eigenvalue weighted by Crippen LogP contribution is -2.41. The van der Waals surface area contributed by atoms with Crippen LogP contribution < -0.4 is 18.9 Å². The first-order valence-electron chi connectivity index (χ1n) is 11.4. The largest absolute Gasteiger partial charge is 0.493 e. The molecule has 0 saturated carbocycles. The summed E-state index contributed by atoms with van der Waals surface area (Å²) in [6.45, 7) is 7.01. The van der Waals surface area contributed by atoms with E-state index in [1.165, 1.54) is 28.1 Å². The molecule has 1 aliphatic rings. The van der Waals surface area contributed by atoms with Crippen molar-refractivity contribution < 1.29 is 38.1 Å². The fourth-order valence-corrected chi connectivity index (χ4v) is 4.27. The molecule has 9 nitrogen and oxygen atoms in total. The molecule has 35 heavy (non-hydrogen) atoms. The predicted molar refractivity (Wildman–Crippen MR) is 127 cm³/mol. The molecule has 2 aromatic carbocycles. The van der Waals surface area contributed by atoms with Crippen LogP contribution in [-0.4, -0.2) is 50.3 Å². The van der Waals surface area contributed by atoms with Gasteiger partial charge in [-0.1, -0.05) is 0 Å². The van der Waals surface area contributed by atoms with Crippen LogP contribution in [0.1, 0.15) is 49.1 Å². The summed E-state index contributed by atoms with van der Waals surface area (Å²) in [4.78, 5) is 37.9. The first kappa shape index (κ1) is 25.9. The first-order chi connectivity index (χ1) is 16.7. The van der Waals surface area contributed by atoms with Gasteiger partial charge < -0.3 is 28.6 Å². The highest BCUT2D eigenvalue weighted by Gasteiger charge is 2.34. The molecule has 1 aliphatic heterocycles. The monoisotopic (exact) mass is 485 g/mol. The third kappa shape index (κ3) is 5.85. The Morgan fingerprint density at radius 2 is 1.51 bits per heavy atom. The maximum Gasteiger partial charge on any atom is 0.410 e. The Balaban J connectivity index is 2.12. The Kier molecular flexibility index (Phi) is 8.22. The minimum atomic E-state index is -0.477. The Hall–Kier alpha value is -3.75. The van der Waals surface area contributed by atoms with Gasteiger partial charge in [-0.15, -0.1) is 0 Å². The fourth-order valence-electron chi connectivity index (χ4n) is 4.27. The highest BCUT2D eigenvalue weighted by atomic mass is 16.6. The number of rotatable bonds is 7. The SMILES string of the molecule is CCOC(=O)N1CCc2cc(OC)c(OC(C)=O)cc2C1Cc1cc(OC(C)=O)c(OC)cc1C. The van der Waals surface area contributed by atoms with Gasteiger partial charge in [-0.2, -0.15) is 0 Å². The molecule has 0 fully saturated rings. The number of nitrogens with zero attached hydrogens (tertiary/aromatic N) is 1. The van der Waals surface area contributed by atoms with Crippen LogP contribution in [-0.2, 0) is 27.2 Å². The number of fused-ring (bicyclic) bond motifs is 1. The summed E-state index contributed by atoms with van der Waals surface area (Å²) >= 11 is 0. The molecular weight excluding hydrogens is 454 g/mol. The van der Waals surface area contributed by atoms with E-state index < -0.39 is 24.1 Å². The van der Waals surface area contributed by atoms with E-state index in [0.717, 1.165) is 22.3 Å². The van der Waals surface area contributed by atoms with Crippen molar-refractivity contribution in [1.82, 2.24) is 4.90 Å². The molecule has 1 atom stereocenters. The topological polar surface area (TPSA) is 101 Å². The maximum absolute atomic E-state index is 12.9. The van der Waals surface area contributed by atoms with Crippen LogP contribution in [0.2, 0.25) is 0 Å². The van der Waals surface area contributed by atoms with Crippen LogP contribution in [0.25, 0.3) is 0 Å². The van der Waals surface area contributed by atoms with Crippen LogP contribution in [0, 0.1) is 6.92 Å². The summed E-state index contributed by atoms with van der Waals surface area (Å²) in [5.41, 5.74) is 3.57. The van der Waals surface area contributed by atoms with Crippen molar-refractivity contribution in [1.29, 1.82) is 0 Å². The van der Waals surface area contributed by atoms with Crippen molar-refractivity contribution in [3.63, 3.8) is 0 Å². The number of hydrogen-bond acceptors (Lipinski definition) is 8. The molecule has 1 amide bonds. The van der Waals surface area contributed by atoms with Gasteiger partial charge in [0.05, 0.1) is 26.9 Å². The molecule has 0 spiro atoms. The molecule has 3 rings (SSSR count). The molecule has 0 saturated heterocycles. The number of esters is 2. The number of benzene rings is 2. The molecule has 0 radical (unpaired) electrons. The van der Waals surface area contributed by atoms with Gasteiger partial charge in [-0.05, 0) is 73.2 Å². The van der Waals surface area contributed by atoms with Crippen LogP contribution >= 0.6 is 0 Å². The lowest BCUT2D eigenvalue weighted by atomic mass is 9.87. The fraction of sp³-hybridized carbons (Fsp3) is 0.423. The van der Waals surface area contributed by atoms with E-state index in [-0.39, 0.29) is 12.4 Å². The van der Waals surface area contributed by atoms with E-state index in [4.69, 9.17) is 23.7 Å². The third-order valence-electron chi connectivity index (χ3n) is 5.83. The third-order valence-corrected chi connectivity index (χ3v) is 5.83. The van der Waals surface area contributed by atoms with Gasteiger partial charge in [0, 0.05) is 20.4 Å². The normalized spacial score (nSPS) is 14.6. The molecule has 9 heteroatoms. The Bertz CT molecular complexity index is 1130. The zero-order chi connectivity index (χ0) is 25.7. The second-order valence-corrected chi connectivity index (χ2v) is 8.18. The summed E-state index contributed by atoms with van der Waals surface area (Å²) < 4.78 is 26.9. The summed E-state index contributed by atoms with van der Waals surface area (Å²) in [6, 6.07) is 6.72. The van der Waals surface area contributed by atoms with Gasteiger partial charge in [0.1, 0.15) is 0 Å². The number of methoxy groups -OCH3 is 2. The van der Waals surface area contributed by atoms with Crippen molar-refractivity contribution in [3.8, 4) is 23.0 Å². The molecule has 0 aromatic heterocycles. The number of hydrogen-bond donors (Lipinski definition) is 0. The standard InChI is InChI=1S/C26H31NO8/c1-7-33-26(30)27-9-8-18-12-23(32-6)25(35-17(4)29)14-20(18)21(27)11-19-13-24(34-16(3)28)22(31-5)10-15(19)2/h10,12-14,21H,7-9,11H2,1-6H3. The van der Waals surface area contributed by atoms with Crippen LogP contribution in [0.4, 0.5) is 4.79 Å². The summed E-state index contributed by atoms with van der Waals surface area (Å²) in [5, 5.41) is 0. The van der Waals surface area contributed by atoms with Crippen LogP contribution in [0.3, 0.4) is 0 Å². The lowest BCUT2D eigenvalue weighted by molar-refractivity contribution is -0.132. The van der Waals surface area contributed by atoms with Crippen LogP contribution in [0.15, 0.2) is 24.3 Å². The predicted octanol–water partition coefficient (Wildman–Crippen LogP) is 4.16.